The lowest BCUT2D eigenvalue weighted by Gasteiger charge is -2.23. The van der Waals surface area contributed by atoms with Gasteiger partial charge >= 0.3 is 0 Å². The van der Waals surface area contributed by atoms with E-state index >= 15 is 0 Å². The standard InChI is InChI=1S/C18H20N4O3S.ClH/c1-26(23,24)15-2-3-16-13(10-15)6-9-22(16)17-11-18(21-12-20-17)25-14-4-7-19-8-5-14;/h2-3,6,9-12,14,19H,4-5,7-8H2,1H3;1H. The number of ether oxygens (including phenoxy) is 1. The molecule has 0 spiro atoms. The monoisotopic (exact) mass is 408 g/mol. The number of halogens is 1. The lowest BCUT2D eigenvalue weighted by atomic mass is 10.1. The molecule has 0 atom stereocenters. The third-order valence-corrected chi connectivity index (χ3v) is 5.65. The van der Waals surface area contributed by atoms with Crippen molar-refractivity contribution in [1.29, 1.82) is 0 Å². The Bertz CT molecular complexity index is 1050. The summed E-state index contributed by atoms with van der Waals surface area (Å²) in [5.41, 5.74) is 0.879. The molecular formula is C18H21ClN4O3S. The summed E-state index contributed by atoms with van der Waals surface area (Å²) in [4.78, 5) is 8.87. The molecule has 7 nitrogen and oxygen atoms in total. The Morgan fingerprint density at radius 3 is 2.67 bits per heavy atom. The van der Waals surface area contributed by atoms with Crippen LogP contribution in [-0.2, 0) is 9.84 Å². The van der Waals surface area contributed by atoms with Crippen LogP contribution in [0.3, 0.4) is 0 Å². The van der Waals surface area contributed by atoms with E-state index in [1.54, 1.807) is 18.2 Å². The van der Waals surface area contributed by atoms with Gasteiger partial charge in [-0.3, -0.25) is 0 Å². The number of nitrogens with one attached hydrogen (secondary N) is 1. The highest BCUT2D eigenvalue weighted by molar-refractivity contribution is 7.90. The predicted molar refractivity (Wildman–Crippen MR) is 106 cm³/mol. The number of aromatic nitrogens is 3. The molecule has 2 aromatic heterocycles. The lowest BCUT2D eigenvalue weighted by molar-refractivity contribution is 0.155. The van der Waals surface area contributed by atoms with Crippen molar-refractivity contribution in [2.45, 2.75) is 23.8 Å². The molecule has 1 aliphatic rings. The molecule has 0 saturated carbocycles. The molecule has 1 saturated heterocycles. The number of benzene rings is 1. The lowest BCUT2D eigenvalue weighted by Crippen LogP contribution is -2.34. The van der Waals surface area contributed by atoms with Gasteiger partial charge in [0.05, 0.1) is 10.4 Å². The van der Waals surface area contributed by atoms with Crippen molar-refractivity contribution in [3.05, 3.63) is 42.9 Å². The van der Waals surface area contributed by atoms with Gasteiger partial charge in [-0.1, -0.05) is 0 Å². The molecule has 1 N–H and O–H groups in total. The summed E-state index contributed by atoms with van der Waals surface area (Å²) in [5, 5.41) is 4.15. The molecule has 1 fully saturated rings. The Kier molecular flexibility index (Phi) is 5.69. The number of sulfone groups is 1. The first kappa shape index (κ1) is 19.6. The Morgan fingerprint density at radius 1 is 1.15 bits per heavy atom. The van der Waals surface area contributed by atoms with Crippen molar-refractivity contribution in [1.82, 2.24) is 19.9 Å². The normalized spacial score (nSPS) is 15.4. The third-order valence-electron chi connectivity index (χ3n) is 4.54. The molecular weight excluding hydrogens is 388 g/mol. The first-order valence-corrected chi connectivity index (χ1v) is 10.4. The molecule has 144 valence electrons. The first-order valence-electron chi connectivity index (χ1n) is 8.52. The third kappa shape index (κ3) is 4.23. The molecule has 27 heavy (non-hydrogen) atoms. The van der Waals surface area contributed by atoms with Crippen molar-refractivity contribution in [3.63, 3.8) is 0 Å². The van der Waals surface area contributed by atoms with Crippen molar-refractivity contribution in [2.24, 2.45) is 0 Å². The molecule has 3 heterocycles. The van der Waals surface area contributed by atoms with E-state index in [9.17, 15) is 8.42 Å². The number of fused-ring (bicyclic) bond motifs is 1. The number of hydrogen-bond donors (Lipinski definition) is 1. The Hall–Kier alpha value is -2.16. The van der Waals surface area contributed by atoms with Gasteiger partial charge in [-0.25, -0.2) is 18.4 Å². The van der Waals surface area contributed by atoms with Crippen LogP contribution >= 0.6 is 12.4 Å². The molecule has 0 unspecified atom stereocenters. The van der Waals surface area contributed by atoms with Crippen LogP contribution in [0.1, 0.15) is 12.8 Å². The van der Waals surface area contributed by atoms with Crippen molar-refractivity contribution in [2.75, 3.05) is 19.3 Å². The number of piperidine rings is 1. The minimum Gasteiger partial charge on any atom is -0.474 e. The summed E-state index contributed by atoms with van der Waals surface area (Å²) in [6.45, 7) is 1.90. The Balaban J connectivity index is 0.00000210. The second kappa shape index (κ2) is 7.84. The summed E-state index contributed by atoms with van der Waals surface area (Å²) in [6, 6.07) is 8.77. The van der Waals surface area contributed by atoms with E-state index in [0.717, 1.165) is 36.8 Å². The van der Waals surface area contributed by atoms with E-state index in [-0.39, 0.29) is 18.5 Å². The van der Waals surface area contributed by atoms with E-state index in [1.165, 1.54) is 12.6 Å². The Labute approximate surface area is 164 Å². The average Bonchev–Trinajstić information content (AvgIpc) is 3.05. The number of hydrogen-bond acceptors (Lipinski definition) is 6. The van der Waals surface area contributed by atoms with Crippen LogP contribution in [0.15, 0.2) is 47.8 Å². The van der Waals surface area contributed by atoms with Crippen molar-refractivity contribution < 1.29 is 13.2 Å². The Morgan fingerprint density at radius 2 is 1.93 bits per heavy atom. The minimum absolute atomic E-state index is 0. The zero-order chi connectivity index (χ0) is 18.1. The summed E-state index contributed by atoms with van der Waals surface area (Å²) in [5.74, 6) is 1.24. The van der Waals surface area contributed by atoms with Crippen molar-refractivity contribution >= 4 is 33.1 Å². The van der Waals surface area contributed by atoms with Gasteiger partial charge < -0.3 is 14.6 Å². The molecule has 0 bridgehead atoms. The van der Waals surface area contributed by atoms with Crippen LogP contribution in [0.5, 0.6) is 5.88 Å². The van der Waals surface area contributed by atoms with Crippen LogP contribution in [0, 0.1) is 0 Å². The molecule has 1 aromatic carbocycles. The topological polar surface area (TPSA) is 86.1 Å². The molecule has 4 rings (SSSR count). The molecule has 0 amide bonds. The zero-order valence-electron chi connectivity index (χ0n) is 14.8. The van der Waals surface area contributed by atoms with Crippen molar-refractivity contribution in [3.8, 4) is 11.7 Å². The average molecular weight is 409 g/mol. The first-order chi connectivity index (χ1) is 12.5. The maximum Gasteiger partial charge on any atom is 0.218 e. The predicted octanol–water partition coefficient (Wildman–Crippen LogP) is 2.38. The SMILES string of the molecule is CS(=O)(=O)c1ccc2c(ccn2-c2cc(OC3CCNCC3)ncn2)c1.Cl. The summed E-state index contributed by atoms with van der Waals surface area (Å²) < 4.78 is 31.4. The number of nitrogens with zero attached hydrogens (tertiary/aromatic N) is 3. The van der Waals surface area contributed by atoms with Gasteiger partial charge in [-0.15, -0.1) is 12.4 Å². The van der Waals surface area contributed by atoms with Crippen LogP contribution in [0.25, 0.3) is 16.7 Å². The summed E-state index contributed by atoms with van der Waals surface area (Å²) in [7, 11) is -3.23. The van der Waals surface area contributed by atoms with Gasteiger partial charge in [-0.2, -0.15) is 0 Å². The van der Waals surface area contributed by atoms with E-state index in [0.29, 0.717) is 16.6 Å². The highest BCUT2D eigenvalue weighted by Crippen LogP contribution is 2.24. The molecule has 0 aliphatic carbocycles. The largest absolute Gasteiger partial charge is 0.474 e. The van der Waals surface area contributed by atoms with Gasteiger partial charge in [0, 0.05) is 23.9 Å². The highest BCUT2D eigenvalue weighted by atomic mass is 35.5. The van der Waals surface area contributed by atoms with Gasteiger partial charge in [0.15, 0.2) is 9.84 Å². The van der Waals surface area contributed by atoms with Crippen LogP contribution < -0.4 is 10.1 Å². The minimum atomic E-state index is -3.23. The van der Waals surface area contributed by atoms with Gasteiger partial charge in [-0.05, 0) is 50.2 Å². The van der Waals surface area contributed by atoms with E-state index in [1.807, 2.05) is 22.9 Å². The zero-order valence-corrected chi connectivity index (χ0v) is 16.5. The van der Waals surface area contributed by atoms with E-state index < -0.39 is 9.84 Å². The quantitative estimate of drug-likeness (QED) is 0.713. The van der Waals surface area contributed by atoms with Crippen LogP contribution in [-0.4, -0.2) is 48.4 Å². The molecule has 0 radical (unpaired) electrons. The van der Waals surface area contributed by atoms with E-state index in [4.69, 9.17) is 4.74 Å². The highest BCUT2D eigenvalue weighted by Gasteiger charge is 2.16. The van der Waals surface area contributed by atoms with Gasteiger partial charge in [0.25, 0.3) is 0 Å². The van der Waals surface area contributed by atoms with Gasteiger partial charge in [0.2, 0.25) is 5.88 Å². The van der Waals surface area contributed by atoms with Crippen LogP contribution in [0.4, 0.5) is 0 Å². The second-order valence-corrected chi connectivity index (χ2v) is 8.48. The molecule has 3 aromatic rings. The number of rotatable bonds is 4. The fraction of sp³-hybridized carbons (Fsp3) is 0.333. The van der Waals surface area contributed by atoms with Gasteiger partial charge in [0.1, 0.15) is 18.2 Å². The fourth-order valence-electron chi connectivity index (χ4n) is 3.16. The molecule has 1 aliphatic heterocycles. The fourth-order valence-corrected chi connectivity index (χ4v) is 3.82. The second-order valence-electron chi connectivity index (χ2n) is 6.46. The molecule has 9 heteroatoms. The summed E-state index contributed by atoms with van der Waals surface area (Å²) in [6.07, 6.45) is 6.65. The maximum absolute atomic E-state index is 11.7. The van der Waals surface area contributed by atoms with E-state index in [2.05, 4.69) is 15.3 Å². The van der Waals surface area contributed by atoms with Crippen LogP contribution in [0.2, 0.25) is 0 Å². The smallest absolute Gasteiger partial charge is 0.218 e. The maximum atomic E-state index is 11.7. The summed E-state index contributed by atoms with van der Waals surface area (Å²) >= 11 is 0.